The standard InChI is InChI=1S/C17H23N5O2/c1-2-21-12-19-20-17(21)15-10-22(7-8-23-15)16-9-14(5-6-18-16)24-11-13-3-4-13/h5-6,9,12-13,15H,2-4,7-8,10-11H2,1H3. The predicted octanol–water partition coefficient (Wildman–Crippen LogP) is 2.06. The number of aromatic nitrogens is 4. The molecule has 2 fully saturated rings. The first-order valence-electron chi connectivity index (χ1n) is 8.66. The lowest BCUT2D eigenvalue weighted by molar-refractivity contribution is 0.0313. The third kappa shape index (κ3) is 3.36. The number of hydrogen-bond acceptors (Lipinski definition) is 6. The molecule has 1 unspecified atom stereocenters. The average molecular weight is 329 g/mol. The highest BCUT2D eigenvalue weighted by molar-refractivity contribution is 5.44. The molecule has 7 heteroatoms. The van der Waals surface area contributed by atoms with E-state index in [1.807, 2.05) is 22.9 Å². The number of nitrogens with zero attached hydrogens (tertiary/aromatic N) is 5. The van der Waals surface area contributed by atoms with E-state index in [0.29, 0.717) is 6.61 Å². The molecule has 1 saturated heterocycles. The molecule has 1 aliphatic carbocycles. The van der Waals surface area contributed by atoms with Gasteiger partial charge < -0.3 is 18.9 Å². The van der Waals surface area contributed by atoms with Crippen LogP contribution in [-0.4, -0.2) is 46.1 Å². The molecule has 2 aliphatic rings. The summed E-state index contributed by atoms with van der Waals surface area (Å²) in [6.45, 7) is 5.92. The maximum atomic E-state index is 5.91. The molecular weight excluding hydrogens is 306 g/mol. The summed E-state index contributed by atoms with van der Waals surface area (Å²) < 4.78 is 13.8. The van der Waals surface area contributed by atoms with Crippen molar-refractivity contribution in [1.82, 2.24) is 19.7 Å². The van der Waals surface area contributed by atoms with Gasteiger partial charge in [0, 0.05) is 25.4 Å². The van der Waals surface area contributed by atoms with Gasteiger partial charge in [-0.1, -0.05) is 0 Å². The summed E-state index contributed by atoms with van der Waals surface area (Å²) in [5, 5.41) is 8.23. The maximum absolute atomic E-state index is 5.91. The van der Waals surface area contributed by atoms with Crippen molar-refractivity contribution in [2.45, 2.75) is 32.4 Å². The smallest absolute Gasteiger partial charge is 0.163 e. The zero-order valence-corrected chi connectivity index (χ0v) is 14.0. The Morgan fingerprint density at radius 2 is 2.29 bits per heavy atom. The summed E-state index contributed by atoms with van der Waals surface area (Å²) in [4.78, 5) is 6.74. The highest BCUT2D eigenvalue weighted by atomic mass is 16.5. The summed E-state index contributed by atoms with van der Waals surface area (Å²) in [6.07, 6.45) is 6.07. The second-order valence-corrected chi connectivity index (χ2v) is 6.38. The van der Waals surface area contributed by atoms with E-state index in [2.05, 4.69) is 27.0 Å². The zero-order chi connectivity index (χ0) is 16.4. The van der Waals surface area contributed by atoms with Gasteiger partial charge in [-0.05, 0) is 31.7 Å². The van der Waals surface area contributed by atoms with Crippen molar-refractivity contribution in [3.63, 3.8) is 0 Å². The molecule has 2 aromatic rings. The van der Waals surface area contributed by atoms with Crippen LogP contribution in [0.15, 0.2) is 24.7 Å². The molecule has 7 nitrogen and oxygen atoms in total. The van der Waals surface area contributed by atoms with Crippen LogP contribution in [0.5, 0.6) is 5.75 Å². The Morgan fingerprint density at radius 3 is 3.12 bits per heavy atom. The molecule has 128 valence electrons. The third-order valence-corrected chi connectivity index (χ3v) is 4.56. The topological polar surface area (TPSA) is 65.3 Å². The average Bonchev–Trinajstić information content (AvgIpc) is 3.35. The van der Waals surface area contributed by atoms with Gasteiger partial charge in [0.25, 0.3) is 0 Å². The lowest BCUT2D eigenvalue weighted by Crippen LogP contribution is -2.39. The number of ether oxygens (including phenoxy) is 2. The molecule has 0 spiro atoms. The summed E-state index contributed by atoms with van der Waals surface area (Å²) in [5.41, 5.74) is 0. The summed E-state index contributed by atoms with van der Waals surface area (Å²) >= 11 is 0. The largest absolute Gasteiger partial charge is 0.493 e. The second kappa shape index (κ2) is 6.76. The van der Waals surface area contributed by atoms with E-state index in [0.717, 1.165) is 49.6 Å². The van der Waals surface area contributed by atoms with Gasteiger partial charge in [0.1, 0.15) is 24.0 Å². The van der Waals surface area contributed by atoms with Crippen molar-refractivity contribution >= 4 is 5.82 Å². The van der Waals surface area contributed by atoms with Crippen LogP contribution in [0.1, 0.15) is 31.7 Å². The first-order chi connectivity index (χ1) is 11.8. The molecule has 1 saturated carbocycles. The van der Waals surface area contributed by atoms with Gasteiger partial charge in [-0.2, -0.15) is 0 Å². The fourth-order valence-corrected chi connectivity index (χ4v) is 2.93. The van der Waals surface area contributed by atoms with E-state index in [9.17, 15) is 0 Å². The van der Waals surface area contributed by atoms with E-state index >= 15 is 0 Å². The molecule has 0 radical (unpaired) electrons. The van der Waals surface area contributed by atoms with E-state index < -0.39 is 0 Å². The second-order valence-electron chi connectivity index (χ2n) is 6.38. The summed E-state index contributed by atoms with van der Waals surface area (Å²) in [6, 6.07) is 3.95. The van der Waals surface area contributed by atoms with Crippen molar-refractivity contribution < 1.29 is 9.47 Å². The van der Waals surface area contributed by atoms with Crippen LogP contribution in [0.25, 0.3) is 0 Å². The monoisotopic (exact) mass is 329 g/mol. The van der Waals surface area contributed by atoms with Crippen LogP contribution in [0, 0.1) is 5.92 Å². The van der Waals surface area contributed by atoms with Crippen molar-refractivity contribution in [3.8, 4) is 5.75 Å². The molecule has 0 bridgehead atoms. The Kier molecular flexibility index (Phi) is 4.34. The number of aryl methyl sites for hydroxylation is 1. The van der Waals surface area contributed by atoms with Crippen molar-refractivity contribution in [1.29, 1.82) is 0 Å². The highest BCUT2D eigenvalue weighted by Crippen LogP contribution is 2.30. The normalized spacial score (nSPS) is 21.0. The summed E-state index contributed by atoms with van der Waals surface area (Å²) in [7, 11) is 0. The molecule has 0 N–H and O–H groups in total. The van der Waals surface area contributed by atoms with E-state index in [1.54, 1.807) is 6.33 Å². The fourth-order valence-electron chi connectivity index (χ4n) is 2.93. The lowest BCUT2D eigenvalue weighted by Gasteiger charge is -2.33. The minimum atomic E-state index is -0.0842. The fraction of sp³-hybridized carbons (Fsp3) is 0.588. The molecule has 0 aromatic carbocycles. The minimum absolute atomic E-state index is 0.0842. The Balaban J connectivity index is 1.46. The Morgan fingerprint density at radius 1 is 1.38 bits per heavy atom. The maximum Gasteiger partial charge on any atom is 0.163 e. The molecule has 4 rings (SSSR count). The third-order valence-electron chi connectivity index (χ3n) is 4.56. The highest BCUT2D eigenvalue weighted by Gasteiger charge is 2.27. The molecule has 3 heterocycles. The van der Waals surface area contributed by atoms with E-state index in [1.165, 1.54) is 12.8 Å². The van der Waals surface area contributed by atoms with Crippen molar-refractivity contribution in [2.75, 3.05) is 31.2 Å². The van der Waals surface area contributed by atoms with Gasteiger partial charge in [0.15, 0.2) is 5.82 Å². The first kappa shape index (κ1) is 15.4. The Labute approximate surface area is 141 Å². The van der Waals surface area contributed by atoms with Crippen LogP contribution >= 0.6 is 0 Å². The van der Waals surface area contributed by atoms with Gasteiger partial charge in [-0.25, -0.2) is 4.98 Å². The number of anilines is 1. The van der Waals surface area contributed by atoms with Crippen LogP contribution in [-0.2, 0) is 11.3 Å². The van der Waals surface area contributed by atoms with E-state index in [4.69, 9.17) is 9.47 Å². The molecule has 24 heavy (non-hydrogen) atoms. The van der Waals surface area contributed by atoms with Crippen molar-refractivity contribution in [2.24, 2.45) is 5.92 Å². The van der Waals surface area contributed by atoms with E-state index in [-0.39, 0.29) is 6.10 Å². The van der Waals surface area contributed by atoms with Crippen LogP contribution in [0.3, 0.4) is 0 Å². The molecular formula is C17H23N5O2. The molecule has 2 aromatic heterocycles. The Bertz CT molecular complexity index is 685. The van der Waals surface area contributed by atoms with Gasteiger partial charge in [0.05, 0.1) is 19.8 Å². The van der Waals surface area contributed by atoms with Crippen LogP contribution < -0.4 is 9.64 Å². The van der Waals surface area contributed by atoms with Crippen LogP contribution in [0.4, 0.5) is 5.82 Å². The zero-order valence-electron chi connectivity index (χ0n) is 14.0. The molecule has 1 aliphatic heterocycles. The number of hydrogen-bond donors (Lipinski definition) is 0. The van der Waals surface area contributed by atoms with Crippen LogP contribution in [0.2, 0.25) is 0 Å². The predicted molar refractivity (Wildman–Crippen MR) is 89.1 cm³/mol. The van der Waals surface area contributed by atoms with Gasteiger partial charge in [-0.3, -0.25) is 0 Å². The van der Waals surface area contributed by atoms with Gasteiger partial charge >= 0.3 is 0 Å². The SMILES string of the molecule is CCn1cnnc1C1CN(c2cc(OCC3CC3)ccn2)CCO1. The molecule has 0 amide bonds. The first-order valence-corrected chi connectivity index (χ1v) is 8.66. The van der Waals surface area contributed by atoms with Gasteiger partial charge in [0.2, 0.25) is 0 Å². The number of rotatable bonds is 6. The lowest BCUT2D eigenvalue weighted by atomic mass is 10.2. The Hall–Kier alpha value is -2.15. The number of morpholine rings is 1. The van der Waals surface area contributed by atoms with Crippen molar-refractivity contribution in [3.05, 3.63) is 30.5 Å². The molecule has 1 atom stereocenters. The quantitative estimate of drug-likeness (QED) is 0.808. The summed E-state index contributed by atoms with van der Waals surface area (Å²) in [5.74, 6) is 3.45. The minimum Gasteiger partial charge on any atom is -0.493 e. The van der Waals surface area contributed by atoms with Gasteiger partial charge in [-0.15, -0.1) is 10.2 Å². The number of pyridine rings is 1.